The van der Waals surface area contributed by atoms with Crippen molar-refractivity contribution in [1.29, 1.82) is 0 Å². The van der Waals surface area contributed by atoms with Gasteiger partial charge in [0.1, 0.15) is 5.75 Å². The molecule has 1 aliphatic rings. The minimum atomic E-state index is -3.53. The molecular formula is C16H20N2O3S. The maximum absolute atomic E-state index is 13.1. The highest BCUT2D eigenvalue weighted by atomic mass is 32.2. The molecule has 1 heterocycles. The zero-order chi connectivity index (χ0) is 15.7. The lowest BCUT2D eigenvalue weighted by Gasteiger charge is -2.33. The molecule has 1 saturated heterocycles. The van der Waals surface area contributed by atoms with Gasteiger partial charge in [-0.05, 0) is 19.1 Å². The van der Waals surface area contributed by atoms with Gasteiger partial charge in [-0.15, -0.1) is 0 Å². The summed E-state index contributed by atoms with van der Waals surface area (Å²) in [6.07, 6.45) is 0. The molecule has 0 amide bonds. The van der Waals surface area contributed by atoms with Crippen LogP contribution in [0.2, 0.25) is 0 Å². The first-order valence-corrected chi connectivity index (χ1v) is 8.78. The van der Waals surface area contributed by atoms with Gasteiger partial charge in [-0.1, -0.05) is 24.3 Å². The molecule has 1 fully saturated rings. The fourth-order valence-corrected chi connectivity index (χ4v) is 4.78. The van der Waals surface area contributed by atoms with E-state index in [2.05, 4.69) is 5.32 Å². The molecule has 22 heavy (non-hydrogen) atoms. The Morgan fingerprint density at radius 3 is 2.59 bits per heavy atom. The van der Waals surface area contributed by atoms with Gasteiger partial charge >= 0.3 is 0 Å². The van der Waals surface area contributed by atoms with Crippen LogP contribution in [0.15, 0.2) is 41.3 Å². The quantitative estimate of drug-likeness (QED) is 0.937. The van der Waals surface area contributed by atoms with Gasteiger partial charge in [-0.2, -0.15) is 4.31 Å². The number of nitrogens with one attached hydrogen (secondary N) is 1. The topological polar surface area (TPSA) is 58.6 Å². The molecule has 1 aliphatic heterocycles. The van der Waals surface area contributed by atoms with Crippen LogP contribution < -0.4 is 10.1 Å². The number of nitrogens with zero attached hydrogens (tertiary/aromatic N) is 1. The first-order valence-electron chi connectivity index (χ1n) is 7.34. The first kappa shape index (κ1) is 15.3. The summed E-state index contributed by atoms with van der Waals surface area (Å²) in [7, 11) is -1.93. The van der Waals surface area contributed by atoms with Crippen LogP contribution in [0.3, 0.4) is 0 Å². The van der Waals surface area contributed by atoms with Gasteiger partial charge < -0.3 is 10.1 Å². The van der Waals surface area contributed by atoms with E-state index in [-0.39, 0.29) is 6.04 Å². The Labute approximate surface area is 130 Å². The van der Waals surface area contributed by atoms with Gasteiger partial charge in [0.05, 0.1) is 12.0 Å². The summed E-state index contributed by atoms with van der Waals surface area (Å²) in [6.45, 7) is 3.77. The van der Waals surface area contributed by atoms with Gasteiger partial charge in [-0.25, -0.2) is 8.42 Å². The van der Waals surface area contributed by atoms with Crippen LogP contribution in [0.4, 0.5) is 0 Å². The highest BCUT2D eigenvalue weighted by Crippen LogP contribution is 2.32. The Morgan fingerprint density at radius 2 is 1.91 bits per heavy atom. The molecule has 1 N–H and O–H groups in total. The first-order chi connectivity index (χ1) is 10.6. The van der Waals surface area contributed by atoms with Crippen molar-refractivity contribution < 1.29 is 13.2 Å². The molecule has 6 heteroatoms. The van der Waals surface area contributed by atoms with Crippen molar-refractivity contribution in [3.05, 3.63) is 36.4 Å². The van der Waals surface area contributed by atoms with Crippen LogP contribution in [0.5, 0.6) is 5.75 Å². The number of hydrogen-bond donors (Lipinski definition) is 1. The van der Waals surface area contributed by atoms with E-state index >= 15 is 0 Å². The number of piperazine rings is 1. The number of hydrogen-bond acceptors (Lipinski definition) is 4. The second-order valence-corrected chi connectivity index (χ2v) is 7.34. The molecular weight excluding hydrogens is 300 g/mol. The SMILES string of the molecule is COc1ccc(S(=O)(=O)N2CCNCC2C)c2ccccc12. The predicted molar refractivity (Wildman–Crippen MR) is 86.7 cm³/mol. The van der Waals surface area contributed by atoms with Crippen LogP contribution in [0, 0.1) is 0 Å². The Balaban J connectivity index is 2.17. The summed E-state index contributed by atoms with van der Waals surface area (Å²) in [5.74, 6) is 0.683. The molecule has 0 aromatic heterocycles. The Kier molecular flexibility index (Phi) is 4.08. The largest absolute Gasteiger partial charge is 0.496 e. The molecule has 118 valence electrons. The van der Waals surface area contributed by atoms with Crippen LogP contribution in [0.1, 0.15) is 6.92 Å². The van der Waals surface area contributed by atoms with Crippen LogP contribution in [-0.2, 0) is 10.0 Å². The van der Waals surface area contributed by atoms with E-state index in [1.807, 2.05) is 31.2 Å². The summed E-state index contributed by atoms with van der Waals surface area (Å²) in [4.78, 5) is 0.345. The third kappa shape index (κ3) is 2.47. The van der Waals surface area contributed by atoms with E-state index < -0.39 is 10.0 Å². The smallest absolute Gasteiger partial charge is 0.244 e. The number of sulfonamides is 1. The normalized spacial score (nSPS) is 20.2. The van der Waals surface area contributed by atoms with Gasteiger partial charge in [0.25, 0.3) is 0 Å². The molecule has 0 aliphatic carbocycles. The maximum atomic E-state index is 13.1. The van der Waals surface area contributed by atoms with Crippen molar-refractivity contribution in [2.24, 2.45) is 0 Å². The summed E-state index contributed by atoms with van der Waals surface area (Å²) in [5, 5.41) is 4.73. The maximum Gasteiger partial charge on any atom is 0.244 e. The molecule has 2 aromatic carbocycles. The van der Waals surface area contributed by atoms with Crippen LogP contribution in [-0.4, -0.2) is 45.5 Å². The Bertz CT molecular complexity index is 789. The second-order valence-electron chi connectivity index (χ2n) is 5.48. The average Bonchev–Trinajstić information content (AvgIpc) is 2.54. The minimum Gasteiger partial charge on any atom is -0.496 e. The zero-order valence-electron chi connectivity index (χ0n) is 12.7. The van der Waals surface area contributed by atoms with Crippen LogP contribution in [0.25, 0.3) is 10.8 Å². The lowest BCUT2D eigenvalue weighted by Crippen LogP contribution is -2.52. The van der Waals surface area contributed by atoms with E-state index in [1.165, 1.54) is 0 Å². The number of rotatable bonds is 3. The molecule has 0 bridgehead atoms. The summed E-state index contributed by atoms with van der Waals surface area (Å²) in [5.41, 5.74) is 0. The number of benzene rings is 2. The Morgan fingerprint density at radius 1 is 1.18 bits per heavy atom. The summed E-state index contributed by atoms with van der Waals surface area (Å²) < 4.78 is 33.1. The minimum absolute atomic E-state index is 0.0559. The van der Waals surface area contributed by atoms with Crippen molar-refractivity contribution in [2.45, 2.75) is 17.9 Å². The zero-order valence-corrected chi connectivity index (χ0v) is 13.6. The molecule has 0 radical (unpaired) electrons. The van der Waals surface area contributed by atoms with Crippen LogP contribution >= 0.6 is 0 Å². The van der Waals surface area contributed by atoms with E-state index in [0.29, 0.717) is 35.7 Å². The second kappa shape index (κ2) is 5.87. The predicted octanol–water partition coefficient (Wildman–Crippen LogP) is 1.83. The van der Waals surface area contributed by atoms with Crippen molar-refractivity contribution in [1.82, 2.24) is 9.62 Å². The van der Waals surface area contributed by atoms with Gasteiger partial charge in [0.15, 0.2) is 0 Å². The molecule has 1 atom stereocenters. The molecule has 0 spiro atoms. The van der Waals surface area contributed by atoms with Gasteiger partial charge in [-0.3, -0.25) is 0 Å². The number of fused-ring (bicyclic) bond motifs is 1. The van der Waals surface area contributed by atoms with E-state index in [0.717, 1.165) is 5.39 Å². The molecule has 0 saturated carbocycles. The van der Waals surface area contributed by atoms with Gasteiger partial charge in [0, 0.05) is 36.4 Å². The summed E-state index contributed by atoms with van der Waals surface area (Å²) in [6, 6.07) is 10.8. The third-order valence-corrected chi connectivity index (χ3v) is 6.16. The number of ether oxygens (including phenoxy) is 1. The van der Waals surface area contributed by atoms with Crippen molar-refractivity contribution in [3.63, 3.8) is 0 Å². The third-order valence-electron chi connectivity index (χ3n) is 4.09. The molecule has 3 rings (SSSR count). The van der Waals surface area contributed by atoms with E-state index in [9.17, 15) is 8.42 Å². The standard InChI is InChI=1S/C16H20N2O3S/c1-12-11-17-9-10-18(12)22(19,20)16-8-7-15(21-2)13-5-3-4-6-14(13)16/h3-8,12,17H,9-11H2,1-2H3. The van der Waals surface area contributed by atoms with E-state index in [1.54, 1.807) is 23.5 Å². The molecule has 5 nitrogen and oxygen atoms in total. The Hall–Kier alpha value is -1.63. The summed E-state index contributed by atoms with van der Waals surface area (Å²) >= 11 is 0. The fraction of sp³-hybridized carbons (Fsp3) is 0.375. The highest BCUT2D eigenvalue weighted by Gasteiger charge is 2.32. The fourth-order valence-electron chi connectivity index (χ4n) is 2.95. The van der Waals surface area contributed by atoms with Crippen molar-refractivity contribution >= 4 is 20.8 Å². The average molecular weight is 320 g/mol. The lowest BCUT2D eigenvalue weighted by atomic mass is 10.1. The van der Waals surface area contributed by atoms with Crippen molar-refractivity contribution in [3.8, 4) is 5.75 Å². The molecule has 2 aromatic rings. The lowest BCUT2D eigenvalue weighted by molar-refractivity contribution is 0.284. The van der Waals surface area contributed by atoms with Gasteiger partial charge in [0.2, 0.25) is 10.0 Å². The van der Waals surface area contributed by atoms with E-state index in [4.69, 9.17) is 4.74 Å². The monoisotopic (exact) mass is 320 g/mol. The highest BCUT2D eigenvalue weighted by molar-refractivity contribution is 7.89. The van der Waals surface area contributed by atoms with Crippen molar-refractivity contribution in [2.75, 3.05) is 26.7 Å². The number of methoxy groups -OCH3 is 1. The molecule has 1 unspecified atom stereocenters.